The number of anilines is 2. The molecule has 15 heteroatoms. The van der Waals surface area contributed by atoms with E-state index in [0.717, 1.165) is 6.07 Å². The summed E-state index contributed by atoms with van der Waals surface area (Å²) in [5.74, 6) is -1.44. The van der Waals surface area contributed by atoms with Crippen molar-refractivity contribution in [2.75, 3.05) is 24.2 Å². The van der Waals surface area contributed by atoms with E-state index in [4.69, 9.17) is 0 Å². The fraction of sp³-hybridized carbons (Fsp3) is 0.304. The third-order valence-electron chi connectivity index (χ3n) is 5.60. The number of hydrogen-bond donors (Lipinski definition) is 5. The molecule has 0 fully saturated rings. The highest BCUT2D eigenvalue weighted by atomic mass is 16.6. The van der Waals surface area contributed by atoms with Gasteiger partial charge in [0.25, 0.3) is 23.4 Å². The third-order valence-corrected chi connectivity index (χ3v) is 5.60. The molecule has 0 spiro atoms. The van der Waals surface area contributed by atoms with E-state index >= 15 is 0 Å². The van der Waals surface area contributed by atoms with Gasteiger partial charge in [-0.15, -0.1) is 0 Å². The number of carbonyl (C=O) groups is 4. The summed E-state index contributed by atoms with van der Waals surface area (Å²) in [6.45, 7) is 1.94. The number of carbonyl (C=O) groups excluding carboxylic acids is 4. The molecule has 0 aromatic carbocycles. The fourth-order valence-corrected chi connectivity index (χ4v) is 3.66. The minimum atomic E-state index is -0.592. The molecule has 5 N–H and O–H groups in total. The summed E-state index contributed by atoms with van der Waals surface area (Å²) in [7, 11) is 6.28. The van der Waals surface area contributed by atoms with Crippen LogP contribution in [0.25, 0.3) is 0 Å². The number of aryl methyl sites for hydroxylation is 3. The fourth-order valence-electron chi connectivity index (χ4n) is 3.66. The quantitative estimate of drug-likeness (QED) is 0.205. The van der Waals surface area contributed by atoms with Gasteiger partial charge in [0.1, 0.15) is 17.1 Å². The van der Waals surface area contributed by atoms with E-state index in [2.05, 4.69) is 26.6 Å². The summed E-state index contributed by atoms with van der Waals surface area (Å²) >= 11 is 0. The highest BCUT2D eigenvalue weighted by molar-refractivity contribution is 6.07. The van der Waals surface area contributed by atoms with Gasteiger partial charge < -0.3 is 40.3 Å². The number of nitrogens with zero attached hydrogens (tertiary/aromatic N) is 4. The van der Waals surface area contributed by atoms with Crippen LogP contribution in [0.1, 0.15) is 38.4 Å². The van der Waals surface area contributed by atoms with E-state index < -0.39 is 16.7 Å². The Kier molecular flexibility index (Phi) is 8.19. The van der Waals surface area contributed by atoms with Crippen molar-refractivity contribution < 1.29 is 24.1 Å². The molecule has 0 bridgehead atoms. The van der Waals surface area contributed by atoms with Crippen LogP contribution in [0.2, 0.25) is 0 Å². The minimum absolute atomic E-state index is 0.0838. The first-order valence-electron chi connectivity index (χ1n) is 11.4. The molecule has 1 unspecified atom stereocenters. The van der Waals surface area contributed by atoms with E-state index in [1.54, 1.807) is 31.8 Å². The first-order chi connectivity index (χ1) is 17.9. The molecule has 202 valence electrons. The first kappa shape index (κ1) is 27.5. The van der Waals surface area contributed by atoms with Gasteiger partial charge in [0, 0.05) is 59.2 Å². The van der Waals surface area contributed by atoms with Crippen molar-refractivity contribution in [3.05, 3.63) is 64.0 Å². The maximum atomic E-state index is 12.9. The average Bonchev–Trinajstić information content (AvgIpc) is 3.53. The second-order valence-corrected chi connectivity index (χ2v) is 8.64. The van der Waals surface area contributed by atoms with E-state index in [-0.39, 0.29) is 41.6 Å². The Morgan fingerprint density at radius 1 is 0.842 bits per heavy atom. The van der Waals surface area contributed by atoms with Crippen molar-refractivity contribution in [3.63, 3.8) is 0 Å². The summed E-state index contributed by atoms with van der Waals surface area (Å²) < 4.78 is 4.40. The maximum Gasteiger partial charge on any atom is 0.314 e. The molecule has 3 rings (SSSR count). The lowest BCUT2D eigenvalue weighted by atomic mass is 10.3. The van der Waals surface area contributed by atoms with Gasteiger partial charge in [0.2, 0.25) is 0 Å². The van der Waals surface area contributed by atoms with Crippen LogP contribution in [0, 0.1) is 10.1 Å². The molecular weight excluding hydrogens is 498 g/mol. The number of nitro groups is 1. The number of aromatic nitrogens is 3. The zero-order valence-corrected chi connectivity index (χ0v) is 21.5. The van der Waals surface area contributed by atoms with Crippen LogP contribution in [0.3, 0.4) is 0 Å². The number of amides is 5. The maximum absolute atomic E-state index is 12.9. The molecule has 3 aromatic rings. The Morgan fingerprint density at radius 2 is 1.32 bits per heavy atom. The van der Waals surface area contributed by atoms with Crippen LogP contribution >= 0.6 is 0 Å². The molecule has 3 heterocycles. The van der Waals surface area contributed by atoms with Crippen LogP contribution < -0.4 is 26.6 Å². The molecule has 38 heavy (non-hydrogen) atoms. The van der Waals surface area contributed by atoms with Crippen molar-refractivity contribution in [1.82, 2.24) is 29.7 Å². The third kappa shape index (κ3) is 6.37. The monoisotopic (exact) mass is 527 g/mol. The van der Waals surface area contributed by atoms with Crippen LogP contribution in [-0.2, 0) is 21.1 Å². The molecular formula is C23H29N9O6. The standard InChI is InChI=1S/C23H29N9O6/c1-13(26-23(36)24-2)9-25-20(33)17-6-14(10-29(17)3)27-21(34)18-7-15(11-30(18)4)28-22(35)19-8-16(32(37)38)12-31(19)5/h6-8,10-13H,9H2,1-5H3,(H,25,33)(H,27,34)(H,28,35)(H2,24,26,36). The van der Waals surface area contributed by atoms with Crippen LogP contribution in [-0.4, -0.2) is 62.0 Å². The Hall–Kier alpha value is -5.08. The summed E-state index contributed by atoms with van der Waals surface area (Å²) in [5, 5.41) is 24.1. The van der Waals surface area contributed by atoms with Gasteiger partial charge in [-0.25, -0.2) is 4.79 Å². The Balaban J connectivity index is 1.64. The van der Waals surface area contributed by atoms with Gasteiger partial charge in [-0.05, 0) is 19.1 Å². The van der Waals surface area contributed by atoms with Crippen molar-refractivity contribution >= 4 is 40.8 Å². The minimum Gasteiger partial charge on any atom is -0.349 e. The summed E-state index contributed by atoms with van der Waals surface area (Å²) in [6.07, 6.45) is 4.34. The zero-order chi connectivity index (χ0) is 28.1. The summed E-state index contributed by atoms with van der Waals surface area (Å²) in [4.78, 5) is 59.8. The summed E-state index contributed by atoms with van der Waals surface area (Å²) in [6, 6.07) is 3.47. The zero-order valence-electron chi connectivity index (χ0n) is 21.5. The van der Waals surface area contributed by atoms with E-state index in [9.17, 15) is 29.3 Å². The predicted octanol–water partition coefficient (Wildman–Crippen LogP) is 1.16. The number of rotatable bonds is 9. The smallest absolute Gasteiger partial charge is 0.314 e. The number of urea groups is 1. The Morgan fingerprint density at radius 3 is 1.79 bits per heavy atom. The molecule has 3 aromatic heterocycles. The second kappa shape index (κ2) is 11.3. The molecule has 0 radical (unpaired) electrons. The number of hydrogen-bond acceptors (Lipinski definition) is 6. The summed E-state index contributed by atoms with van der Waals surface area (Å²) in [5.41, 5.74) is 1.09. The van der Waals surface area contributed by atoms with Crippen molar-refractivity contribution in [2.45, 2.75) is 13.0 Å². The van der Waals surface area contributed by atoms with Gasteiger partial charge in [-0.1, -0.05) is 0 Å². The Labute approximate surface area is 217 Å². The largest absolute Gasteiger partial charge is 0.349 e. The van der Waals surface area contributed by atoms with Crippen LogP contribution in [0.15, 0.2) is 36.8 Å². The van der Waals surface area contributed by atoms with Crippen molar-refractivity contribution in [1.29, 1.82) is 0 Å². The molecule has 0 aliphatic heterocycles. The van der Waals surface area contributed by atoms with Gasteiger partial charge in [-0.3, -0.25) is 24.5 Å². The van der Waals surface area contributed by atoms with Crippen LogP contribution in [0.4, 0.5) is 21.9 Å². The highest BCUT2D eigenvalue weighted by Gasteiger charge is 2.20. The van der Waals surface area contributed by atoms with Crippen molar-refractivity contribution in [2.24, 2.45) is 21.1 Å². The Bertz CT molecular complexity index is 1400. The first-order valence-corrected chi connectivity index (χ1v) is 11.4. The lowest BCUT2D eigenvalue weighted by Crippen LogP contribution is -2.45. The molecule has 5 amide bonds. The molecule has 0 aliphatic carbocycles. The molecule has 15 nitrogen and oxygen atoms in total. The second-order valence-electron chi connectivity index (χ2n) is 8.64. The number of nitrogens with one attached hydrogen (secondary N) is 5. The normalized spacial score (nSPS) is 11.4. The van der Waals surface area contributed by atoms with Crippen LogP contribution in [0.5, 0.6) is 0 Å². The topological polar surface area (TPSA) is 186 Å². The van der Waals surface area contributed by atoms with E-state index in [1.165, 1.54) is 47.8 Å². The highest BCUT2D eigenvalue weighted by Crippen LogP contribution is 2.20. The molecule has 1 atom stereocenters. The van der Waals surface area contributed by atoms with Gasteiger partial charge in [-0.2, -0.15) is 0 Å². The van der Waals surface area contributed by atoms with Gasteiger partial charge >= 0.3 is 6.03 Å². The lowest BCUT2D eigenvalue weighted by Gasteiger charge is -2.14. The molecule has 0 aliphatic rings. The van der Waals surface area contributed by atoms with E-state index in [1.807, 2.05) is 0 Å². The van der Waals surface area contributed by atoms with Crippen molar-refractivity contribution in [3.8, 4) is 0 Å². The van der Waals surface area contributed by atoms with E-state index in [0.29, 0.717) is 17.1 Å². The molecule has 0 saturated heterocycles. The van der Waals surface area contributed by atoms with Gasteiger partial charge in [0.15, 0.2) is 0 Å². The molecule has 0 saturated carbocycles. The predicted molar refractivity (Wildman–Crippen MR) is 138 cm³/mol. The SMILES string of the molecule is CNC(=O)NC(C)CNC(=O)c1cc(NC(=O)c2cc(NC(=O)c3cc([N+](=O)[O-])cn3C)cn2C)cn1C. The lowest BCUT2D eigenvalue weighted by molar-refractivity contribution is -0.384. The average molecular weight is 528 g/mol. The van der Waals surface area contributed by atoms with Gasteiger partial charge in [0.05, 0.1) is 22.5 Å².